The van der Waals surface area contributed by atoms with Gasteiger partial charge < -0.3 is 15.0 Å². The van der Waals surface area contributed by atoms with E-state index >= 15 is 0 Å². The third kappa shape index (κ3) is 4.05. The van der Waals surface area contributed by atoms with Crippen molar-refractivity contribution in [2.45, 2.75) is 12.8 Å². The Morgan fingerprint density at radius 3 is 2.54 bits per heavy atom. The van der Waals surface area contributed by atoms with Crippen molar-refractivity contribution >= 4 is 29.2 Å². The molecule has 0 atom stereocenters. The Balaban J connectivity index is 1.62. The number of carbonyl (C=O) groups excluding carboxylic acids is 3. The minimum Gasteiger partial charge on any atom is -0.452 e. The molecule has 26 heavy (non-hydrogen) atoms. The number of nitrogens with one attached hydrogen (secondary N) is 1. The summed E-state index contributed by atoms with van der Waals surface area (Å²) in [5, 5.41) is 2.51. The second kappa shape index (κ2) is 7.77. The van der Waals surface area contributed by atoms with Gasteiger partial charge in [0.25, 0.3) is 5.91 Å². The second-order valence-electron chi connectivity index (χ2n) is 5.80. The van der Waals surface area contributed by atoms with Crippen LogP contribution in [0.1, 0.15) is 23.2 Å². The minimum absolute atomic E-state index is 0.0423. The van der Waals surface area contributed by atoms with Gasteiger partial charge >= 0.3 is 5.97 Å². The summed E-state index contributed by atoms with van der Waals surface area (Å²) in [4.78, 5) is 37.7. The van der Waals surface area contributed by atoms with Crippen molar-refractivity contribution in [3.63, 3.8) is 0 Å². The lowest BCUT2D eigenvalue weighted by Gasteiger charge is -2.18. The van der Waals surface area contributed by atoms with E-state index in [0.717, 1.165) is 6.42 Å². The van der Waals surface area contributed by atoms with Crippen molar-refractivity contribution in [1.29, 1.82) is 0 Å². The summed E-state index contributed by atoms with van der Waals surface area (Å²) in [5.41, 5.74) is 1.12. The number of benzene rings is 2. The van der Waals surface area contributed by atoms with Crippen LogP contribution in [0.5, 0.6) is 0 Å². The van der Waals surface area contributed by atoms with Gasteiger partial charge in [-0.2, -0.15) is 0 Å². The van der Waals surface area contributed by atoms with Crippen LogP contribution in [0.15, 0.2) is 48.5 Å². The number of amides is 2. The van der Waals surface area contributed by atoms with Gasteiger partial charge in [-0.05, 0) is 42.8 Å². The Morgan fingerprint density at radius 1 is 1.12 bits per heavy atom. The molecule has 1 saturated heterocycles. The lowest BCUT2D eigenvalue weighted by Crippen LogP contribution is -2.27. The molecule has 2 amide bonds. The number of rotatable bonds is 5. The Labute approximate surface area is 149 Å². The van der Waals surface area contributed by atoms with E-state index in [0.29, 0.717) is 24.3 Å². The molecule has 3 rings (SSSR count). The van der Waals surface area contributed by atoms with Crippen LogP contribution in [-0.4, -0.2) is 30.9 Å². The van der Waals surface area contributed by atoms with Gasteiger partial charge in [0.1, 0.15) is 5.82 Å². The van der Waals surface area contributed by atoms with E-state index in [1.165, 1.54) is 24.3 Å². The number of halogens is 1. The van der Waals surface area contributed by atoms with Crippen LogP contribution >= 0.6 is 0 Å². The fourth-order valence-corrected chi connectivity index (χ4v) is 2.72. The predicted octanol–water partition coefficient (Wildman–Crippen LogP) is 2.75. The highest BCUT2D eigenvalue weighted by Crippen LogP contribution is 2.26. The maximum absolute atomic E-state index is 12.8. The van der Waals surface area contributed by atoms with E-state index in [4.69, 9.17) is 4.74 Å². The van der Waals surface area contributed by atoms with E-state index in [2.05, 4.69) is 5.32 Å². The fourth-order valence-electron chi connectivity index (χ4n) is 2.72. The summed E-state index contributed by atoms with van der Waals surface area (Å²) in [6.07, 6.45) is 1.19. The van der Waals surface area contributed by atoms with Gasteiger partial charge in [-0.25, -0.2) is 9.18 Å². The first-order valence-electron chi connectivity index (χ1n) is 8.16. The summed E-state index contributed by atoms with van der Waals surface area (Å²) in [5.74, 6) is -1.68. The van der Waals surface area contributed by atoms with Crippen LogP contribution in [0.4, 0.5) is 15.8 Å². The van der Waals surface area contributed by atoms with Gasteiger partial charge in [0.2, 0.25) is 5.91 Å². The molecule has 2 aromatic carbocycles. The molecule has 0 spiro atoms. The SMILES string of the molecule is O=C(COC(=O)c1ccccc1N1CCCC1=O)Nc1ccc(F)cc1. The van der Waals surface area contributed by atoms with Crippen molar-refractivity contribution in [3.8, 4) is 0 Å². The van der Waals surface area contributed by atoms with Gasteiger partial charge in [0.15, 0.2) is 6.61 Å². The quantitative estimate of drug-likeness (QED) is 0.836. The standard InChI is InChI=1S/C19H17FN2O4/c20-13-7-9-14(10-8-13)21-17(23)12-26-19(25)15-4-1-2-5-16(15)22-11-3-6-18(22)24/h1-2,4-5,7-10H,3,6,11-12H2,(H,21,23). The molecular formula is C19H17FN2O4. The molecule has 1 aliphatic heterocycles. The zero-order valence-electron chi connectivity index (χ0n) is 13.9. The van der Waals surface area contributed by atoms with Crippen molar-refractivity contribution in [3.05, 3.63) is 59.9 Å². The number of carbonyl (C=O) groups is 3. The molecule has 0 aliphatic carbocycles. The Kier molecular flexibility index (Phi) is 5.26. The van der Waals surface area contributed by atoms with Crippen molar-refractivity contribution in [2.24, 2.45) is 0 Å². The Hall–Kier alpha value is -3.22. The summed E-state index contributed by atoms with van der Waals surface area (Å²) in [6.45, 7) is 0.0622. The highest BCUT2D eigenvalue weighted by molar-refractivity contribution is 6.04. The largest absolute Gasteiger partial charge is 0.452 e. The van der Waals surface area contributed by atoms with Gasteiger partial charge in [0.05, 0.1) is 11.3 Å². The number of hydrogen-bond donors (Lipinski definition) is 1. The first-order valence-corrected chi connectivity index (χ1v) is 8.16. The summed E-state index contributed by atoms with van der Waals surface area (Å²) >= 11 is 0. The molecule has 6 nitrogen and oxygen atoms in total. The fraction of sp³-hybridized carbons (Fsp3) is 0.211. The number of anilines is 2. The number of ether oxygens (including phenoxy) is 1. The Morgan fingerprint density at radius 2 is 1.85 bits per heavy atom. The molecule has 1 N–H and O–H groups in total. The predicted molar refractivity (Wildman–Crippen MR) is 93.3 cm³/mol. The van der Waals surface area contributed by atoms with E-state index in [1.54, 1.807) is 29.2 Å². The lowest BCUT2D eigenvalue weighted by atomic mass is 10.1. The first-order chi connectivity index (χ1) is 12.5. The average Bonchev–Trinajstić information content (AvgIpc) is 3.07. The van der Waals surface area contributed by atoms with Gasteiger partial charge in [0, 0.05) is 18.7 Å². The van der Waals surface area contributed by atoms with Crippen molar-refractivity contribution in [1.82, 2.24) is 0 Å². The number of esters is 1. The molecule has 2 aromatic rings. The maximum Gasteiger partial charge on any atom is 0.340 e. The zero-order chi connectivity index (χ0) is 18.5. The van der Waals surface area contributed by atoms with E-state index in [-0.39, 0.29) is 11.5 Å². The van der Waals surface area contributed by atoms with Crippen molar-refractivity contribution in [2.75, 3.05) is 23.4 Å². The van der Waals surface area contributed by atoms with E-state index in [9.17, 15) is 18.8 Å². The highest BCUT2D eigenvalue weighted by Gasteiger charge is 2.26. The van der Waals surface area contributed by atoms with Crippen LogP contribution in [0.25, 0.3) is 0 Å². The van der Waals surface area contributed by atoms with E-state index < -0.39 is 24.3 Å². The molecule has 7 heteroatoms. The normalized spacial score (nSPS) is 13.6. The molecule has 1 fully saturated rings. The number of para-hydroxylation sites is 1. The summed E-state index contributed by atoms with van der Waals surface area (Å²) < 4.78 is 17.9. The second-order valence-corrected chi connectivity index (χ2v) is 5.80. The molecule has 0 radical (unpaired) electrons. The molecule has 0 saturated carbocycles. The van der Waals surface area contributed by atoms with E-state index in [1.807, 2.05) is 0 Å². The maximum atomic E-state index is 12.8. The molecular weight excluding hydrogens is 339 g/mol. The van der Waals surface area contributed by atoms with Gasteiger partial charge in [-0.15, -0.1) is 0 Å². The van der Waals surface area contributed by atoms with Gasteiger partial charge in [-0.3, -0.25) is 9.59 Å². The van der Waals surface area contributed by atoms with Crippen LogP contribution in [-0.2, 0) is 14.3 Å². The molecule has 0 bridgehead atoms. The minimum atomic E-state index is -0.686. The molecule has 0 unspecified atom stereocenters. The van der Waals surface area contributed by atoms with Gasteiger partial charge in [-0.1, -0.05) is 12.1 Å². The van der Waals surface area contributed by atoms with Crippen molar-refractivity contribution < 1.29 is 23.5 Å². The Bertz CT molecular complexity index is 836. The zero-order valence-corrected chi connectivity index (χ0v) is 13.9. The molecule has 1 heterocycles. The third-order valence-electron chi connectivity index (χ3n) is 3.95. The molecule has 0 aromatic heterocycles. The van der Waals surface area contributed by atoms with Crippen LogP contribution in [0.2, 0.25) is 0 Å². The number of hydrogen-bond acceptors (Lipinski definition) is 4. The monoisotopic (exact) mass is 356 g/mol. The van der Waals surface area contributed by atoms with Crippen LogP contribution in [0, 0.1) is 5.82 Å². The third-order valence-corrected chi connectivity index (χ3v) is 3.95. The van der Waals surface area contributed by atoms with Crippen LogP contribution < -0.4 is 10.2 Å². The molecule has 134 valence electrons. The summed E-state index contributed by atoms with van der Waals surface area (Å²) in [7, 11) is 0. The molecule has 1 aliphatic rings. The van der Waals surface area contributed by atoms with Crippen LogP contribution in [0.3, 0.4) is 0 Å². The topological polar surface area (TPSA) is 75.7 Å². The lowest BCUT2D eigenvalue weighted by molar-refractivity contribution is -0.119. The summed E-state index contributed by atoms with van der Waals surface area (Å²) in [6, 6.07) is 11.9. The number of nitrogens with zero attached hydrogens (tertiary/aromatic N) is 1. The first kappa shape index (κ1) is 17.6. The highest BCUT2D eigenvalue weighted by atomic mass is 19.1. The smallest absolute Gasteiger partial charge is 0.340 e. The average molecular weight is 356 g/mol.